The van der Waals surface area contributed by atoms with E-state index in [2.05, 4.69) is 25.8 Å². The molecule has 2 aromatic rings. The van der Waals surface area contributed by atoms with Gasteiger partial charge in [-0.2, -0.15) is 0 Å². The molecule has 3 nitrogen and oxygen atoms in total. The molecule has 0 saturated heterocycles. The van der Waals surface area contributed by atoms with Crippen LogP contribution in [0.3, 0.4) is 0 Å². The Kier molecular flexibility index (Phi) is 5.66. The van der Waals surface area contributed by atoms with Gasteiger partial charge in [0, 0.05) is 36.8 Å². The topological polar surface area (TPSA) is 25.4 Å². The maximum absolute atomic E-state index is 13.7. The lowest BCUT2D eigenvalue weighted by Gasteiger charge is -2.30. The largest absolute Gasteiger partial charge is 0.488 e. The average molecular weight is 425 g/mol. The summed E-state index contributed by atoms with van der Waals surface area (Å²) in [6, 6.07) is 5.17. The Morgan fingerprint density at radius 1 is 1.15 bits per heavy atom. The summed E-state index contributed by atoms with van der Waals surface area (Å²) in [7, 11) is 0. The van der Waals surface area contributed by atoms with Gasteiger partial charge >= 0.3 is 0 Å². The molecular formula is C19H16BrF3N2O. The van der Waals surface area contributed by atoms with Gasteiger partial charge in [-0.15, -0.1) is 0 Å². The van der Waals surface area contributed by atoms with Gasteiger partial charge in [-0.05, 0) is 46.6 Å². The molecule has 0 bridgehead atoms. The van der Waals surface area contributed by atoms with Gasteiger partial charge in [0.05, 0.1) is 16.6 Å². The molecule has 3 rings (SSSR count). The molecule has 1 aliphatic rings. The van der Waals surface area contributed by atoms with E-state index in [1.807, 2.05) is 19.1 Å². The minimum Gasteiger partial charge on any atom is -0.488 e. The molecule has 1 aliphatic heterocycles. The minimum absolute atomic E-state index is 0.301. The first-order valence-corrected chi connectivity index (χ1v) is 8.70. The Bertz CT molecular complexity index is 845. The van der Waals surface area contributed by atoms with E-state index in [1.54, 1.807) is 18.5 Å². The fourth-order valence-corrected chi connectivity index (χ4v) is 3.13. The Hall–Kier alpha value is -2.28. The smallest absolute Gasteiger partial charge is 0.135 e. The molecule has 7 heteroatoms. The fraction of sp³-hybridized carbons (Fsp3) is 0.211. The van der Waals surface area contributed by atoms with Gasteiger partial charge in [-0.25, -0.2) is 13.2 Å². The molecule has 0 radical (unpaired) electrons. The normalized spacial score (nSPS) is 14.5. The number of hydrogen-bond acceptors (Lipinski definition) is 3. The number of rotatable bonds is 5. The minimum atomic E-state index is -0.963. The molecular weight excluding hydrogens is 409 g/mol. The predicted octanol–water partition coefficient (Wildman–Crippen LogP) is 5.04. The fourth-order valence-electron chi connectivity index (χ4n) is 2.60. The number of pyridine rings is 1. The second-order valence-corrected chi connectivity index (χ2v) is 6.86. The molecule has 0 spiro atoms. The summed E-state index contributed by atoms with van der Waals surface area (Å²) in [5, 5.41) is 0. The summed E-state index contributed by atoms with van der Waals surface area (Å²) in [5.74, 6) is -2.38. The molecule has 1 aromatic heterocycles. The van der Waals surface area contributed by atoms with E-state index in [0.29, 0.717) is 31.0 Å². The van der Waals surface area contributed by atoms with E-state index in [4.69, 9.17) is 4.74 Å². The first-order chi connectivity index (χ1) is 12.4. The number of allylic oxidation sites excluding steroid dienone is 2. The lowest BCUT2D eigenvalue weighted by atomic mass is 10.2. The summed E-state index contributed by atoms with van der Waals surface area (Å²) >= 11 is 3.47. The number of ether oxygens (including phenoxy) is 1. The van der Waals surface area contributed by atoms with Crippen molar-refractivity contribution in [3.63, 3.8) is 0 Å². The van der Waals surface area contributed by atoms with Crippen LogP contribution >= 0.6 is 15.9 Å². The number of nitrogens with zero attached hydrogens (tertiary/aromatic N) is 2. The molecule has 1 aromatic carbocycles. The summed E-state index contributed by atoms with van der Waals surface area (Å²) in [5.41, 5.74) is 1.78. The molecule has 0 fully saturated rings. The van der Waals surface area contributed by atoms with Crippen molar-refractivity contribution in [2.75, 3.05) is 6.54 Å². The van der Waals surface area contributed by atoms with Crippen molar-refractivity contribution in [3.8, 4) is 0 Å². The van der Waals surface area contributed by atoms with Crippen LogP contribution in [0, 0.1) is 17.5 Å². The Balaban J connectivity index is 1.69. The van der Waals surface area contributed by atoms with Crippen LogP contribution in [0.25, 0.3) is 0 Å². The Labute approximate surface area is 157 Å². The van der Waals surface area contributed by atoms with Crippen LogP contribution < -0.4 is 0 Å². The van der Waals surface area contributed by atoms with Gasteiger partial charge in [0.25, 0.3) is 0 Å². The maximum Gasteiger partial charge on any atom is 0.135 e. The predicted molar refractivity (Wildman–Crippen MR) is 95.5 cm³/mol. The number of aromatic nitrogens is 1. The third-order valence-electron chi connectivity index (χ3n) is 4.04. The summed E-state index contributed by atoms with van der Waals surface area (Å²) < 4.78 is 46.8. The molecule has 0 atom stereocenters. The van der Waals surface area contributed by atoms with Crippen molar-refractivity contribution in [1.82, 2.24) is 9.88 Å². The molecule has 136 valence electrons. The molecule has 26 heavy (non-hydrogen) atoms. The third-order valence-corrected chi connectivity index (χ3v) is 4.68. The van der Waals surface area contributed by atoms with E-state index in [-0.39, 0.29) is 12.2 Å². The zero-order valence-electron chi connectivity index (χ0n) is 14.0. The second-order valence-electron chi connectivity index (χ2n) is 5.90. The third kappa shape index (κ3) is 4.27. The van der Waals surface area contributed by atoms with Crippen molar-refractivity contribution >= 4 is 15.9 Å². The Morgan fingerprint density at radius 2 is 1.81 bits per heavy atom. The summed E-state index contributed by atoms with van der Waals surface area (Å²) in [4.78, 5) is 6.13. The molecule has 0 amide bonds. The monoisotopic (exact) mass is 424 g/mol. The van der Waals surface area contributed by atoms with E-state index in [0.717, 1.165) is 15.7 Å². The molecule has 0 aliphatic carbocycles. The lowest BCUT2D eigenvalue weighted by Crippen LogP contribution is -2.26. The Morgan fingerprint density at radius 3 is 2.46 bits per heavy atom. The van der Waals surface area contributed by atoms with Crippen LogP contribution in [-0.2, 0) is 17.9 Å². The van der Waals surface area contributed by atoms with Crippen molar-refractivity contribution in [1.29, 1.82) is 0 Å². The van der Waals surface area contributed by atoms with Crippen molar-refractivity contribution in [2.45, 2.75) is 20.1 Å². The highest BCUT2D eigenvalue weighted by Gasteiger charge is 2.19. The SMILES string of the molecule is CC1=CC(OCc2c(F)cc(F)cc2F)=C(Br)CN1Cc1ccncc1. The summed E-state index contributed by atoms with van der Waals surface area (Å²) in [6.45, 7) is 2.88. The summed E-state index contributed by atoms with van der Waals surface area (Å²) in [6.07, 6.45) is 5.28. The van der Waals surface area contributed by atoms with Crippen LogP contribution in [0.5, 0.6) is 0 Å². The van der Waals surface area contributed by atoms with Gasteiger partial charge in [0.2, 0.25) is 0 Å². The maximum atomic E-state index is 13.7. The molecule has 0 unspecified atom stereocenters. The highest BCUT2D eigenvalue weighted by molar-refractivity contribution is 9.11. The van der Waals surface area contributed by atoms with Gasteiger partial charge in [-0.3, -0.25) is 4.98 Å². The van der Waals surface area contributed by atoms with E-state index < -0.39 is 17.5 Å². The zero-order valence-corrected chi connectivity index (χ0v) is 15.6. The van der Waals surface area contributed by atoms with E-state index >= 15 is 0 Å². The van der Waals surface area contributed by atoms with Crippen molar-refractivity contribution in [3.05, 3.63) is 87.3 Å². The molecule has 0 saturated carbocycles. The van der Waals surface area contributed by atoms with E-state index in [1.165, 1.54) is 0 Å². The van der Waals surface area contributed by atoms with Gasteiger partial charge in [0.1, 0.15) is 29.8 Å². The number of hydrogen-bond donors (Lipinski definition) is 0. The molecule has 0 N–H and O–H groups in total. The van der Waals surface area contributed by atoms with Gasteiger partial charge in [0.15, 0.2) is 0 Å². The van der Waals surface area contributed by atoms with Crippen molar-refractivity contribution in [2.24, 2.45) is 0 Å². The number of halogens is 4. The van der Waals surface area contributed by atoms with E-state index in [9.17, 15) is 13.2 Å². The van der Waals surface area contributed by atoms with Crippen LogP contribution in [0.4, 0.5) is 13.2 Å². The second kappa shape index (κ2) is 7.95. The first kappa shape index (κ1) is 18.5. The van der Waals surface area contributed by atoms with Gasteiger partial charge in [-0.1, -0.05) is 0 Å². The van der Waals surface area contributed by atoms with Crippen LogP contribution in [-0.4, -0.2) is 16.4 Å². The lowest BCUT2D eigenvalue weighted by molar-refractivity contribution is 0.193. The molecule has 2 heterocycles. The average Bonchev–Trinajstić information content (AvgIpc) is 2.59. The van der Waals surface area contributed by atoms with Crippen LogP contribution in [0.2, 0.25) is 0 Å². The van der Waals surface area contributed by atoms with Gasteiger partial charge < -0.3 is 9.64 Å². The van der Waals surface area contributed by atoms with Crippen LogP contribution in [0.15, 0.2) is 58.7 Å². The van der Waals surface area contributed by atoms with Crippen LogP contribution in [0.1, 0.15) is 18.1 Å². The zero-order chi connectivity index (χ0) is 18.7. The van der Waals surface area contributed by atoms with Crippen molar-refractivity contribution < 1.29 is 17.9 Å². The quantitative estimate of drug-likeness (QED) is 0.671. The number of benzene rings is 1. The highest BCUT2D eigenvalue weighted by Crippen LogP contribution is 2.28. The highest BCUT2D eigenvalue weighted by atomic mass is 79.9. The standard InChI is InChI=1S/C19H16BrF3N2O/c1-12-6-19(26-11-15-17(22)7-14(21)8-18(15)23)16(20)10-25(12)9-13-2-4-24-5-3-13/h2-8H,9-11H2,1H3. The first-order valence-electron chi connectivity index (χ1n) is 7.91.